The van der Waals surface area contributed by atoms with E-state index in [2.05, 4.69) is 57.2 Å². The Morgan fingerprint density at radius 2 is 1.56 bits per heavy atom. The first-order valence-electron chi connectivity index (χ1n) is 12.6. The van der Waals surface area contributed by atoms with Crippen molar-refractivity contribution in [1.29, 1.82) is 0 Å². The van der Waals surface area contributed by atoms with Crippen molar-refractivity contribution in [2.75, 3.05) is 39.3 Å². The summed E-state index contributed by atoms with van der Waals surface area (Å²) in [5.74, 6) is 2.31. The second-order valence-corrected chi connectivity index (χ2v) is 10.9. The SMILES string of the molecule is O=C([C@H]1CC12CCN(C(=O)[C@@H]1C[C@@H]3C=C[C@H]1C3)CC2)N1CCN(Cc2ccccc2)CC1. The van der Waals surface area contributed by atoms with E-state index < -0.39 is 0 Å². The molecule has 0 N–H and O–H groups in total. The van der Waals surface area contributed by atoms with Gasteiger partial charge in [0.05, 0.1) is 0 Å². The van der Waals surface area contributed by atoms with E-state index in [1.54, 1.807) is 0 Å². The number of piperazine rings is 1. The van der Waals surface area contributed by atoms with E-state index in [-0.39, 0.29) is 17.3 Å². The predicted octanol–water partition coefficient (Wildman–Crippen LogP) is 3.17. The van der Waals surface area contributed by atoms with Crippen molar-refractivity contribution in [3.8, 4) is 0 Å². The Hall–Kier alpha value is -2.14. The molecule has 4 atom stereocenters. The van der Waals surface area contributed by atoms with Gasteiger partial charge in [-0.05, 0) is 54.9 Å². The van der Waals surface area contributed by atoms with Crippen LogP contribution in [0.5, 0.6) is 0 Å². The second kappa shape index (κ2) is 8.02. The largest absolute Gasteiger partial charge is 0.342 e. The minimum absolute atomic E-state index is 0.184. The lowest BCUT2D eigenvalue weighted by atomic mass is 9.87. The number of fused-ring (bicyclic) bond motifs is 2. The molecule has 5 nitrogen and oxygen atoms in total. The number of carbonyl (C=O) groups is 2. The van der Waals surface area contributed by atoms with Gasteiger partial charge in [-0.3, -0.25) is 14.5 Å². The zero-order chi connectivity index (χ0) is 21.7. The number of benzene rings is 1. The molecule has 32 heavy (non-hydrogen) atoms. The first-order valence-corrected chi connectivity index (χ1v) is 12.6. The summed E-state index contributed by atoms with van der Waals surface area (Å²) in [5, 5.41) is 0. The van der Waals surface area contributed by atoms with Crippen LogP contribution in [-0.2, 0) is 16.1 Å². The lowest BCUT2D eigenvalue weighted by Crippen LogP contribution is -2.49. The average molecular weight is 434 g/mol. The Morgan fingerprint density at radius 1 is 0.844 bits per heavy atom. The molecule has 1 aromatic carbocycles. The highest BCUT2D eigenvalue weighted by molar-refractivity contribution is 5.83. The second-order valence-electron chi connectivity index (χ2n) is 10.9. The van der Waals surface area contributed by atoms with Gasteiger partial charge in [0, 0.05) is 57.6 Å². The van der Waals surface area contributed by atoms with Crippen molar-refractivity contribution >= 4 is 11.8 Å². The molecule has 170 valence electrons. The molecular weight excluding hydrogens is 398 g/mol. The maximum atomic E-state index is 13.2. The van der Waals surface area contributed by atoms with Gasteiger partial charge in [0.25, 0.3) is 0 Å². The summed E-state index contributed by atoms with van der Waals surface area (Å²) >= 11 is 0. The highest BCUT2D eigenvalue weighted by Gasteiger charge is 2.60. The average Bonchev–Trinajstić information content (AvgIpc) is 3.15. The molecule has 3 aliphatic carbocycles. The van der Waals surface area contributed by atoms with E-state index in [9.17, 15) is 9.59 Å². The lowest BCUT2D eigenvalue weighted by molar-refractivity contribution is -0.138. The Morgan fingerprint density at radius 3 is 2.22 bits per heavy atom. The number of piperidine rings is 1. The molecule has 1 spiro atoms. The van der Waals surface area contributed by atoms with Crippen LogP contribution in [0, 0.1) is 29.1 Å². The number of nitrogens with zero attached hydrogens (tertiary/aromatic N) is 3. The summed E-state index contributed by atoms with van der Waals surface area (Å²) in [4.78, 5) is 33.0. The fourth-order valence-electron chi connectivity index (χ4n) is 6.91. The maximum absolute atomic E-state index is 13.2. The number of hydrogen-bond donors (Lipinski definition) is 0. The molecule has 1 aromatic rings. The molecule has 0 unspecified atom stereocenters. The maximum Gasteiger partial charge on any atom is 0.226 e. The fraction of sp³-hybridized carbons (Fsp3) is 0.630. The highest BCUT2D eigenvalue weighted by Crippen LogP contribution is 2.60. The van der Waals surface area contributed by atoms with E-state index in [1.807, 2.05) is 0 Å². The van der Waals surface area contributed by atoms with Crippen LogP contribution in [0.3, 0.4) is 0 Å². The Bertz CT molecular complexity index is 897. The number of rotatable bonds is 4. The third-order valence-electron chi connectivity index (χ3n) is 9.09. The van der Waals surface area contributed by atoms with Crippen molar-refractivity contribution in [1.82, 2.24) is 14.7 Å². The summed E-state index contributed by atoms with van der Waals surface area (Å²) in [6.07, 6.45) is 9.88. The van der Waals surface area contributed by atoms with E-state index in [0.29, 0.717) is 23.7 Å². The Balaban J connectivity index is 0.977. The summed E-state index contributed by atoms with van der Waals surface area (Å²) in [5.41, 5.74) is 1.53. The Kier molecular flexibility index (Phi) is 5.13. The van der Waals surface area contributed by atoms with Crippen molar-refractivity contribution in [2.24, 2.45) is 29.1 Å². The minimum Gasteiger partial charge on any atom is -0.342 e. The van der Waals surface area contributed by atoms with Gasteiger partial charge in [0.2, 0.25) is 11.8 Å². The molecule has 0 aromatic heterocycles. The molecule has 2 heterocycles. The van der Waals surface area contributed by atoms with Gasteiger partial charge < -0.3 is 9.80 Å². The molecule has 2 amide bonds. The van der Waals surface area contributed by atoms with Crippen LogP contribution < -0.4 is 0 Å². The first kappa shape index (κ1) is 20.5. The van der Waals surface area contributed by atoms with Crippen LogP contribution in [0.1, 0.15) is 37.7 Å². The van der Waals surface area contributed by atoms with Crippen LogP contribution in [0.2, 0.25) is 0 Å². The van der Waals surface area contributed by atoms with Crippen molar-refractivity contribution in [2.45, 2.75) is 38.6 Å². The molecule has 2 bridgehead atoms. The summed E-state index contributed by atoms with van der Waals surface area (Å²) < 4.78 is 0. The number of likely N-dealkylation sites (tertiary alicyclic amines) is 1. The number of allylic oxidation sites excluding steroid dienone is 2. The normalized spacial score (nSPS) is 33.1. The highest BCUT2D eigenvalue weighted by atomic mass is 16.2. The summed E-state index contributed by atoms with van der Waals surface area (Å²) in [6.45, 7) is 6.29. The molecule has 2 saturated carbocycles. The molecule has 2 saturated heterocycles. The zero-order valence-corrected chi connectivity index (χ0v) is 19.0. The predicted molar refractivity (Wildman–Crippen MR) is 123 cm³/mol. The standard InChI is InChI=1S/C27H35N3O2/c31-25(23-17-21-6-7-22(23)16-21)29-10-8-27(9-11-29)18-24(27)26(32)30-14-12-28(13-15-30)19-20-4-2-1-3-5-20/h1-7,21-24H,8-19H2/t21-,22+,23-,24-/m1/s1. The zero-order valence-electron chi connectivity index (χ0n) is 19.0. The van der Waals surface area contributed by atoms with Crippen LogP contribution in [0.4, 0.5) is 0 Å². The number of carbonyl (C=O) groups excluding carboxylic acids is 2. The molecule has 5 aliphatic rings. The van der Waals surface area contributed by atoms with Gasteiger partial charge in [0.15, 0.2) is 0 Å². The molecule has 5 heteroatoms. The summed E-state index contributed by atoms with van der Waals surface area (Å²) in [6, 6.07) is 10.6. The minimum atomic E-state index is 0.184. The fourth-order valence-corrected chi connectivity index (χ4v) is 6.91. The van der Waals surface area contributed by atoms with Gasteiger partial charge in [-0.2, -0.15) is 0 Å². The molecule has 0 radical (unpaired) electrons. The quantitative estimate of drug-likeness (QED) is 0.685. The van der Waals surface area contributed by atoms with Gasteiger partial charge in [-0.25, -0.2) is 0 Å². The third-order valence-corrected chi connectivity index (χ3v) is 9.09. The third kappa shape index (κ3) is 3.68. The van der Waals surface area contributed by atoms with Gasteiger partial charge in [0.1, 0.15) is 0 Å². The van der Waals surface area contributed by atoms with E-state index in [1.165, 1.54) is 12.0 Å². The molecule has 6 rings (SSSR count). The van der Waals surface area contributed by atoms with E-state index in [0.717, 1.165) is 71.5 Å². The smallest absolute Gasteiger partial charge is 0.226 e. The van der Waals surface area contributed by atoms with Crippen LogP contribution in [0.15, 0.2) is 42.5 Å². The van der Waals surface area contributed by atoms with Gasteiger partial charge in [-0.1, -0.05) is 42.5 Å². The first-order chi connectivity index (χ1) is 15.6. The van der Waals surface area contributed by atoms with E-state index >= 15 is 0 Å². The topological polar surface area (TPSA) is 43.9 Å². The van der Waals surface area contributed by atoms with Gasteiger partial charge >= 0.3 is 0 Å². The van der Waals surface area contributed by atoms with Crippen LogP contribution in [0.25, 0.3) is 0 Å². The number of amides is 2. The van der Waals surface area contributed by atoms with Gasteiger partial charge in [-0.15, -0.1) is 0 Å². The van der Waals surface area contributed by atoms with Crippen LogP contribution in [-0.4, -0.2) is 65.8 Å². The molecular formula is C27H35N3O2. The van der Waals surface area contributed by atoms with Crippen molar-refractivity contribution < 1.29 is 9.59 Å². The molecule has 4 fully saturated rings. The molecule has 2 aliphatic heterocycles. The van der Waals surface area contributed by atoms with Crippen molar-refractivity contribution in [3.63, 3.8) is 0 Å². The monoisotopic (exact) mass is 433 g/mol. The van der Waals surface area contributed by atoms with Crippen molar-refractivity contribution in [3.05, 3.63) is 48.0 Å². The van der Waals surface area contributed by atoms with E-state index in [4.69, 9.17) is 0 Å². The number of hydrogen-bond acceptors (Lipinski definition) is 3. The van der Waals surface area contributed by atoms with Crippen LogP contribution >= 0.6 is 0 Å². The Labute approximate surface area is 191 Å². The summed E-state index contributed by atoms with van der Waals surface area (Å²) in [7, 11) is 0. The lowest BCUT2D eigenvalue weighted by Gasteiger charge is -2.37.